The SMILES string of the molecule is CC1CCCN(c2ncnc3sccc23)C1CNC(=O)OC(C)(C)C. The molecule has 3 heterocycles. The van der Waals surface area contributed by atoms with E-state index in [0.29, 0.717) is 12.5 Å². The lowest BCUT2D eigenvalue weighted by molar-refractivity contribution is 0.0519. The first-order valence-electron chi connectivity index (χ1n) is 8.77. The molecule has 6 nitrogen and oxygen atoms in total. The number of nitrogens with zero attached hydrogens (tertiary/aromatic N) is 3. The van der Waals surface area contributed by atoms with Gasteiger partial charge in [0.15, 0.2) is 0 Å². The third-order valence-electron chi connectivity index (χ3n) is 4.48. The van der Waals surface area contributed by atoms with Crippen molar-refractivity contribution in [3.8, 4) is 0 Å². The summed E-state index contributed by atoms with van der Waals surface area (Å²) in [7, 11) is 0. The number of aromatic nitrogens is 2. The fourth-order valence-electron chi connectivity index (χ4n) is 3.33. The van der Waals surface area contributed by atoms with Gasteiger partial charge in [-0.3, -0.25) is 0 Å². The fraction of sp³-hybridized carbons (Fsp3) is 0.611. The molecule has 0 aromatic carbocycles. The van der Waals surface area contributed by atoms with E-state index in [0.717, 1.165) is 35.4 Å². The zero-order valence-electron chi connectivity index (χ0n) is 15.3. The van der Waals surface area contributed by atoms with E-state index in [-0.39, 0.29) is 12.1 Å². The Morgan fingerprint density at radius 3 is 3.00 bits per heavy atom. The Kier molecular flexibility index (Phi) is 5.13. The number of amides is 1. The van der Waals surface area contributed by atoms with Gasteiger partial charge in [0.2, 0.25) is 0 Å². The monoisotopic (exact) mass is 362 g/mol. The highest BCUT2D eigenvalue weighted by Gasteiger charge is 2.31. The van der Waals surface area contributed by atoms with Crippen LogP contribution in [0.5, 0.6) is 0 Å². The van der Waals surface area contributed by atoms with E-state index in [4.69, 9.17) is 4.74 Å². The lowest BCUT2D eigenvalue weighted by Crippen LogP contribution is -2.51. The van der Waals surface area contributed by atoms with Crippen LogP contribution in [0.15, 0.2) is 17.8 Å². The van der Waals surface area contributed by atoms with Crippen molar-refractivity contribution in [3.05, 3.63) is 17.8 Å². The Balaban J connectivity index is 1.78. The molecule has 0 aliphatic carbocycles. The second-order valence-corrected chi connectivity index (χ2v) is 8.49. The molecule has 2 aromatic heterocycles. The van der Waals surface area contributed by atoms with Crippen molar-refractivity contribution in [1.82, 2.24) is 15.3 Å². The van der Waals surface area contributed by atoms with Crippen LogP contribution in [0.4, 0.5) is 10.6 Å². The van der Waals surface area contributed by atoms with Crippen LogP contribution in [0.25, 0.3) is 10.2 Å². The number of fused-ring (bicyclic) bond motifs is 1. The summed E-state index contributed by atoms with van der Waals surface area (Å²) in [5.74, 6) is 1.43. The predicted octanol–water partition coefficient (Wildman–Crippen LogP) is 3.82. The van der Waals surface area contributed by atoms with Gasteiger partial charge in [-0.1, -0.05) is 6.92 Å². The summed E-state index contributed by atoms with van der Waals surface area (Å²) >= 11 is 1.62. The number of carbonyl (C=O) groups excluding carboxylic acids is 1. The van der Waals surface area contributed by atoms with Gasteiger partial charge in [-0.25, -0.2) is 14.8 Å². The molecule has 0 saturated carbocycles. The Labute approximate surface area is 152 Å². The van der Waals surface area contributed by atoms with Crippen LogP contribution in [0.1, 0.15) is 40.5 Å². The van der Waals surface area contributed by atoms with E-state index < -0.39 is 5.60 Å². The van der Waals surface area contributed by atoms with Gasteiger partial charge in [-0.05, 0) is 51.0 Å². The van der Waals surface area contributed by atoms with Crippen molar-refractivity contribution < 1.29 is 9.53 Å². The minimum Gasteiger partial charge on any atom is -0.444 e. The molecule has 1 fully saturated rings. The quantitative estimate of drug-likeness (QED) is 0.899. The van der Waals surface area contributed by atoms with E-state index in [1.165, 1.54) is 0 Å². The minimum atomic E-state index is -0.489. The van der Waals surface area contributed by atoms with E-state index in [1.807, 2.05) is 26.2 Å². The summed E-state index contributed by atoms with van der Waals surface area (Å²) in [5.41, 5.74) is -0.489. The summed E-state index contributed by atoms with van der Waals surface area (Å²) in [5, 5.41) is 6.07. The van der Waals surface area contributed by atoms with Crippen molar-refractivity contribution >= 4 is 33.5 Å². The van der Waals surface area contributed by atoms with E-state index in [9.17, 15) is 4.79 Å². The molecule has 1 aliphatic rings. The van der Waals surface area contributed by atoms with Crippen molar-refractivity contribution in [2.24, 2.45) is 5.92 Å². The van der Waals surface area contributed by atoms with Crippen molar-refractivity contribution in [2.75, 3.05) is 18.0 Å². The van der Waals surface area contributed by atoms with Crippen molar-refractivity contribution in [3.63, 3.8) is 0 Å². The molecule has 2 aromatic rings. The van der Waals surface area contributed by atoms with Crippen LogP contribution in [-0.4, -0.2) is 40.8 Å². The summed E-state index contributed by atoms with van der Waals surface area (Å²) < 4.78 is 5.37. The minimum absolute atomic E-state index is 0.194. The number of thiophene rings is 1. The van der Waals surface area contributed by atoms with Crippen LogP contribution in [0.3, 0.4) is 0 Å². The maximum Gasteiger partial charge on any atom is 0.407 e. The highest BCUT2D eigenvalue weighted by atomic mass is 32.1. The number of ether oxygens (including phenoxy) is 1. The molecule has 1 N–H and O–H groups in total. The molecule has 3 rings (SSSR count). The zero-order chi connectivity index (χ0) is 18.0. The second-order valence-electron chi connectivity index (χ2n) is 7.60. The van der Waals surface area contributed by atoms with Crippen LogP contribution in [0, 0.1) is 5.92 Å². The number of alkyl carbamates (subject to hydrolysis) is 1. The maximum atomic E-state index is 12.0. The van der Waals surface area contributed by atoms with Crippen molar-refractivity contribution in [1.29, 1.82) is 0 Å². The van der Waals surface area contributed by atoms with E-state index >= 15 is 0 Å². The topological polar surface area (TPSA) is 67.4 Å². The van der Waals surface area contributed by atoms with Crippen molar-refractivity contribution in [2.45, 2.75) is 52.2 Å². The van der Waals surface area contributed by atoms with Crippen LogP contribution >= 0.6 is 11.3 Å². The van der Waals surface area contributed by atoms with Gasteiger partial charge < -0.3 is 15.0 Å². The summed E-state index contributed by atoms with van der Waals surface area (Å²) in [6, 6.07) is 2.27. The van der Waals surface area contributed by atoms with E-state index in [2.05, 4.69) is 33.2 Å². The van der Waals surface area contributed by atoms with Gasteiger partial charge in [-0.15, -0.1) is 11.3 Å². The van der Waals surface area contributed by atoms with Gasteiger partial charge in [0.1, 0.15) is 22.6 Å². The van der Waals surface area contributed by atoms with Crippen LogP contribution < -0.4 is 10.2 Å². The van der Waals surface area contributed by atoms with Gasteiger partial charge >= 0.3 is 6.09 Å². The molecule has 7 heteroatoms. The molecule has 136 valence electrons. The summed E-state index contributed by atoms with van der Waals surface area (Å²) in [6.07, 6.45) is 3.54. The molecule has 1 amide bonds. The highest BCUT2D eigenvalue weighted by molar-refractivity contribution is 7.16. The molecular weight excluding hydrogens is 336 g/mol. The Morgan fingerprint density at radius 2 is 2.24 bits per heavy atom. The molecule has 0 spiro atoms. The molecule has 2 unspecified atom stereocenters. The Bertz CT molecular complexity index is 740. The normalized spacial score (nSPS) is 21.4. The van der Waals surface area contributed by atoms with Gasteiger partial charge in [0, 0.05) is 13.1 Å². The first-order valence-corrected chi connectivity index (χ1v) is 9.65. The van der Waals surface area contributed by atoms with Gasteiger partial charge in [-0.2, -0.15) is 0 Å². The highest BCUT2D eigenvalue weighted by Crippen LogP contribution is 2.33. The summed E-state index contributed by atoms with van der Waals surface area (Å²) in [6.45, 7) is 9.33. The molecule has 1 saturated heterocycles. The molecule has 0 radical (unpaired) electrons. The average Bonchev–Trinajstić information content (AvgIpc) is 3.00. The fourth-order valence-corrected chi connectivity index (χ4v) is 4.06. The van der Waals surface area contributed by atoms with Gasteiger partial charge in [0.05, 0.1) is 11.4 Å². The number of nitrogens with one attached hydrogen (secondary N) is 1. The standard InChI is InChI=1S/C18H26N4O2S/c1-12-6-5-8-22(14(12)10-19-17(23)24-18(2,3)4)15-13-7-9-25-16(13)21-11-20-15/h7,9,11-12,14H,5-6,8,10H2,1-4H3,(H,19,23). The number of rotatable bonds is 3. The predicted molar refractivity (Wildman–Crippen MR) is 101 cm³/mol. The smallest absolute Gasteiger partial charge is 0.407 e. The largest absolute Gasteiger partial charge is 0.444 e. The average molecular weight is 362 g/mol. The lowest BCUT2D eigenvalue weighted by Gasteiger charge is -2.41. The van der Waals surface area contributed by atoms with Gasteiger partial charge in [0.25, 0.3) is 0 Å². The van der Waals surface area contributed by atoms with Crippen LogP contribution in [-0.2, 0) is 4.74 Å². The molecule has 0 bridgehead atoms. The van der Waals surface area contributed by atoms with Crippen LogP contribution in [0.2, 0.25) is 0 Å². The lowest BCUT2D eigenvalue weighted by atomic mass is 9.90. The first-order chi connectivity index (χ1) is 11.8. The first kappa shape index (κ1) is 17.9. The number of hydrogen-bond donors (Lipinski definition) is 1. The zero-order valence-corrected chi connectivity index (χ0v) is 16.1. The Morgan fingerprint density at radius 1 is 1.44 bits per heavy atom. The molecule has 2 atom stereocenters. The number of hydrogen-bond acceptors (Lipinski definition) is 6. The Hall–Kier alpha value is -1.89. The molecule has 25 heavy (non-hydrogen) atoms. The molecular formula is C18H26N4O2S. The maximum absolute atomic E-state index is 12.0. The second kappa shape index (κ2) is 7.15. The number of anilines is 1. The summed E-state index contributed by atoms with van der Waals surface area (Å²) in [4.78, 5) is 24.3. The van der Waals surface area contributed by atoms with E-state index in [1.54, 1.807) is 17.7 Å². The third kappa shape index (κ3) is 4.21. The molecule has 1 aliphatic heterocycles. The third-order valence-corrected chi connectivity index (χ3v) is 5.30. The number of piperidine rings is 1. The number of carbonyl (C=O) groups is 1.